The fraction of sp³-hybridized carbons (Fsp3) is 0.364. The minimum atomic E-state index is -0.596. The molecule has 148 valence electrons. The molecule has 6 nitrogen and oxygen atoms in total. The van der Waals surface area contributed by atoms with Gasteiger partial charge in [0.1, 0.15) is 6.04 Å². The van der Waals surface area contributed by atoms with Crippen LogP contribution >= 0.6 is 0 Å². The lowest BCUT2D eigenvalue weighted by Crippen LogP contribution is -2.47. The summed E-state index contributed by atoms with van der Waals surface area (Å²) in [5, 5.41) is 5.80. The molecule has 2 aromatic rings. The summed E-state index contributed by atoms with van der Waals surface area (Å²) in [6, 6.07) is 12.3. The Morgan fingerprint density at radius 3 is 2.57 bits per heavy atom. The first-order valence-corrected chi connectivity index (χ1v) is 9.46. The third-order valence-electron chi connectivity index (χ3n) is 4.62. The van der Waals surface area contributed by atoms with Crippen LogP contribution in [0.15, 0.2) is 42.5 Å². The van der Waals surface area contributed by atoms with E-state index in [1.807, 2.05) is 57.2 Å². The van der Waals surface area contributed by atoms with Crippen LogP contribution in [0.1, 0.15) is 41.8 Å². The molecule has 0 saturated carbocycles. The number of hydrogen-bond donors (Lipinski definition) is 2. The number of carbonyl (C=O) groups excluding carboxylic acids is 2. The normalized spacial score (nSPS) is 13.3. The van der Waals surface area contributed by atoms with E-state index >= 15 is 0 Å². The average molecular weight is 382 g/mol. The van der Waals surface area contributed by atoms with Gasteiger partial charge in [-0.1, -0.05) is 38.1 Å². The summed E-state index contributed by atoms with van der Waals surface area (Å²) >= 11 is 0. The maximum absolute atomic E-state index is 12.8. The topological polar surface area (TPSA) is 76.7 Å². The quantitative estimate of drug-likeness (QED) is 0.771. The number of aryl methyl sites for hydroxylation is 1. The Labute approximate surface area is 165 Å². The lowest BCUT2D eigenvalue weighted by atomic mass is 10.0. The molecule has 0 spiro atoms. The van der Waals surface area contributed by atoms with Crippen LogP contribution in [0.2, 0.25) is 0 Å². The van der Waals surface area contributed by atoms with Gasteiger partial charge in [0.25, 0.3) is 5.91 Å². The van der Waals surface area contributed by atoms with Crippen molar-refractivity contribution in [3.05, 3.63) is 59.2 Å². The van der Waals surface area contributed by atoms with Gasteiger partial charge in [0, 0.05) is 12.1 Å². The molecule has 2 amide bonds. The smallest absolute Gasteiger partial charge is 0.252 e. The predicted molar refractivity (Wildman–Crippen MR) is 106 cm³/mol. The highest BCUT2D eigenvalue weighted by molar-refractivity contribution is 5.98. The maximum atomic E-state index is 12.8. The third-order valence-corrected chi connectivity index (χ3v) is 4.62. The predicted octanol–water partition coefficient (Wildman–Crippen LogP) is 3.18. The van der Waals surface area contributed by atoms with Gasteiger partial charge in [-0.3, -0.25) is 9.59 Å². The number of hydrogen-bond acceptors (Lipinski definition) is 4. The molecular weight excluding hydrogens is 356 g/mol. The molecule has 1 aliphatic rings. The van der Waals surface area contributed by atoms with Crippen molar-refractivity contribution >= 4 is 11.8 Å². The molecule has 0 bridgehead atoms. The summed E-state index contributed by atoms with van der Waals surface area (Å²) in [7, 11) is 0. The van der Waals surface area contributed by atoms with Crippen molar-refractivity contribution in [2.45, 2.75) is 39.8 Å². The number of amides is 2. The van der Waals surface area contributed by atoms with E-state index in [2.05, 4.69) is 10.6 Å². The van der Waals surface area contributed by atoms with Gasteiger partial charge < -0.3 is 20.1 Å². The van der Waals surface area contributed by atoms with Crippen LogP contribution in [-0.4, -0.2) is 24.6 Å². The Kier molecular flexibility index (Phi) is 6.19. The number of benzene rings is 2. The summed E-state index contributed by atoms with van der Waals surface area (Å²) in [5.41, 5.74) is 2.37. The van der Waals surface area contributed by atoms with Crippen LogP contribution in [0.3, 0.4) is 0 Å². The molecule has 0 fully saturated rings. The minimum absolute atomic E-state index is 0.201. The lowest BCUT2D eigenvalue weighted by Gasteiger charge is -2.21. The molecular formula is C22H26N2O4. The zero-order chi connectivity index (χ0) is 20.1. The van der Waals surface area contributed by atoms with Crippen LogP contribution in [-0.2, 0) is 11.3 Å². The first kappa shape index (κ1) is 19.7. The number of ether oxygens (including phenoxy) is 2. The highest BCUT2D eigenvalue weighted by atomic mass is 16.7. The Morgan fingerprint density at radius 1 is 1.07 bits per heavy atom. The summed E-state index contributed by atoms with van der Waals surface area (Å²) in [5.74, 6) is 1.21. The van der Waals surface area contributed by atoms with Crippen molar-refractivity contribution < 1.29 is 19.1 Å². The van der Waals surface area contributed by atoms with Crippen molar-refractivity contribution in [3.63, 3.8) is 0 Å². The molecule has 28 heavy (non-hydrogen) atoms. The van der Waals surface area contributed by atoms with Crippen molar-refractivity contribution in [2.24, 2.45) is 5.92 Å². The number of rotatable bonds is 7. The van der Waals surface area contributed by atoms with E-state index in [1.165, 1.54) is 0 Å². The van der Waals surface area contributed by atoms with Crippen LogP contribution in [0, 0.1) is 12.8 Å². The summed E-state index contributed by atoms with van der Waals surface area (Å²) in [6.45, 7) is 6.50. The first-order valence-electron chi connectivity index (χ1n) is 9.46. The molecule has 2 aromatic carbocycles. The van der Waals surface area contributed by atoms with Crippen molar-refractivity contribution in [1.82, 2.24) is 10.6 Å². The summed E-state index contributed by atoms with van der Waals surface area (Å²) in [6.07, 6.45) is 0.560. The monoisotopic (exact) mass is 382 g/mol. The second kappa shape index (κ2) is 8.78. The highest BCUT2D eigenvalue weighted by Crippen LogP contribution is 2.32. The van der Waals surface area contributed by atoms with E-state index in [0.717, 1.165) is 11.1 Å². The van der Waals surface area contributed by atoms with Gasteiger partial charge in [-0.15, -0.1) is 0 Å². The number of fused-ring (bicyclic) bond motifs is 1. The molecule has 3 rings (SSSR count). The van der Waals surface area contributed by atoms with Crippen molar-refractivity contribution in [3.8, 4) is 11.5 Å². The van der Waals surface area contributed by atoms with E-state index in [9.17, 15) is 9.59 Å². The molecule has 0 saturated heterocycles. The largest absolute Gasteiger partial charge is 0.454 e. The maximum Gasteiger partial charge on any atom is 0.252 e. The van der Waals surface area contributed by atoms with Crippen LogP contribution in [0.25, 0.3) is 0 Å². The Hall–Kier alpha value is -3.02. The zero-order valence-corrected chi connectivity index (χ0v) is 16.5. The van der Waals surface area contributed by atoms with Crippen LogP contribution in [0.4, 0.5) is 0 Å². The molecule has 0 radical (unpaired) electrons. The van der Waals surface area contributed by atoms with Crippen molar-refractivity contribution in [1.29, 1.82) is 0 Å². The van der Waals surface area contributed by atoms with Gasteiger partial charge >= 0.3 is 0 Å². The molecule has 0 aromatic heterocycles. The lowest BCUT2D eigenvalue weighted by molar-refractivity contribution is -0.123. The Balaban J connectivity index is 1.64. The molecule has 1 aliphatic heterocycles. The summed E-state index contributed by atoms with van der Waals surface area (Å²) in [4.78, 5) is 25.4. The minimum Gasteiger partial charge on any atom is -0.454 e. The van der Waals surface area contributed by atoms with Gasteiger partial charge in [-0.05, 0) is 48.6 Å². The van der Waals surface area contributed by atoms with Crippen molar-refractivity contribution in [2.75, 3.05) is 6.79 Å². The average Bonchev–Trinajstić information content (AvgIpc) is 3.13. The van der Waals surface area contributed by atoms with Gasteiger partial charge in [0.05, 0.1) is 0 Å². The van der Waals surface area contributed by atoms with Gasteiger partial charge in [-0.2, -0.15) is 0 Å². The van der Waals surface area contributed by atoms with Crippen LogP contribution in [0.5, 0.6) is 11.5 Å². The van der Waals surface area contributed by atoms with E-state index in [1.54, 1.807) is 6.07 Å². The van der Waals surface area contributed by atoms with E-state index in [0.29, 0.717) is 30.0 Å². The molecule has 0 aliphatic carbocycles. The third kappa shape index (κ3) is 4.82. The summed E-state index contributed by atoms with van der Waals surface area (Å²) < 4.78 is 10.7. The zero-order valence-electron chi connectivity index (χ0n) is 16.5. The van der Waals surface area contributed by atoms with E-state index in [-0.39, 0.29) is 24.5 Å². The van der Waals surface area contributed by atoms with E-state index < -0.39 is 6.04 Å². The van der Waals surface area contributed by atoms with Gasteiger partial charge in [0.15, 0.2) is 11.5 Å². The standard InChI is InChI=1S/C22H26N2O4/c1-14(2)10-18(24-21(25)17-7-5-4-6-15(17)3)22(26)23-12-16-8-9-19-20(11-16)28-13-27-19/h4-9,11,14,18H,10,12-13H2,1-3H3,(H,23,26)(H,24,25)/t18-/m1/s1. The van der Waals surface area contributed by atoms with Gasteiger partial charge in [-0.25, -0.2) is 0 Å². The highest BCUT2D eigenvalue weighted by Gasteiger charge is 2.23. The molecule has 1 atom stereocenters. The molecule has 1 heterocycles. The second-order valence-electron chi connectivity index (χ2n) is 7.38. The fourth-order valence-corrected chi connectivity index (χ4v) is 3.13. The Morgan fingerprint density at radius 2 is 1.82 bits per heavy atom. The second-order valence-corrected chi connectivity index (χ2v) is 7.38. The van der Waals surface area contributed by atoms with Crippen LogP contribution < -0.4 is 20.1 Å². The number of nitrogens with one attached hydrogen (secondary N) is 2. The SMILES string of the molecule is Cc1ccccc1C(=O)N[C@H](CC(C)C)C(=O)NCc1ccc2c(c1)OCO2. The van der Waals surface area contributed by atoms with E-state index in [4.69, 9.17) is 9.47 Å². The fourth-order valence-electron chi connectivity index (χ4n) is 3.13. The Bertz CT molecular complexity index is 863. The molecule has 6 heteroatoms. The first-order chi connectivity index (χ1) is 13.4. The molecule has 0 unspecified atom stereocenters. The molecule has 2 N–H and O–H groups in total. The number of carbonyl (C=O) groups is 2. The van der Waals surface area contributed by atoms with Gasteiger partial charge in [0.2, 0.25) is 12.7 Å².